The van der Waals surface area contributed by atoms with Crippen molar-refractivity contribution in [2.75, 3.05) is 45.4 Å². The number of aliphatic imine (C=N–C) groups is 1. The van der Waals surface area contributed by atoms with Gasteiger partial charge in [-0.3, -0.25) is 4.99 Å². The van der Waals surface area contributed by atoms with Crippen LogP contribution >= 0.6 is 24.0 Å². The van der Waals surface area contributed by atoms with Gasteiger partial charge < -0.3 is 15.4 Å². The maximum atomic E-state index is 11.0. The third-order valence-corrected chi connectivity index (χ3v) is 4.46. The summed E-state index contributed by atoms with van der Waals surface area (Å²) in [7, 11) is -1.24. The minimum atomic E-state index is -2.96. The molecule has 2 N–H and O–H groups in total. The molecule has 0 amide bonds. The van der Waals surface area contributed by atoms with E-state index in [1.807, 2.05) is 0 Å². The Hall–Kier alpha value is -0.870. The number of aryl methyl sites for hydroxylation is 1. The van der Waals surface area contributed by atoms with Gasteiger partial charge >= 0.3 is 0 Å². The van der Waals surface area contributed by atoms with E-state index in [0.717, 1.165) is 6.54 Å². The predicted molar refractivity (Wildman–Crippen MR) is 115 cm³/mol. The van der Waals surface area contributed by atoms with Crippen molar-refractivity contribution in [2.24, 2.45) is 4.99 Å². The molecule has 0 saturated heterocycles. The molecule has 25 heavy (non-hydrogen) atoms. The molecule has 8 heteroatoms. The molecule has 0 saturated carbocycles. The topological polar surface area (TPSA) is 79.8 Å². The van der Waals surface area contributed by atoms with E-state index in [2.05, 4.69) is 53.7 Å². The van der Waals surface area contributed by atoms with Gasteiger partial charge in [0.05, 0.1) is 19.0 Å². The summed E-state index contributed by atoms with van der Waals surface area (Å²) >= 11 is 0. The Labute approximate surface area is 168 Å². The lowest BCUT2D eigenvalue weighted by atomic mass is 9.99. The predicted octanol–water partition coefficient (Wildman–Crippen LogP) is 1.94. The van der Waals surface area contributed by atoms with E-state index in [9.17, 15) is 8.42 Å². The first kappa shape index (κ1) is 24.1. The van der Waals surface area contributed by atoms with Crippen molar-refractivity contribution in [1.82, 2.24) is 10.6 Å². The Kier molecular flexibility index (Phi) is 12.0. The van der Waals surface area contributed by atoms with E-state index in [0.29, 0.717) is 25.0 Å². The normalized spacial score (nSPS) is 13.0. The molecule has 1 aromatic rings. The smallest absolute Gasteiger partial charge is 0.191 e. The van der Waals surface area contributed by atoms with Gasteiger partial charge in [0.15, 0.2) is 5.96 Å². The number of benzene rings is 1. The molecule has 0 spiro atoms. The van der Waals surface area contributed by atoms with Crippen LogP contribution in [0.15, 0.2) is 29.3 Å². The Morgan fingerprint density at radius 2 is 2.00 bits per heavy atom. The largest absolute Gasteiger partial charge is 0.379 e. The standard InChI is InChI=1S/C17H29N3O3S.HI/c1-14-6-5-7-16(12-14)15(2)13-20-17(18-3)19-8-9-23-10-11-24(4,21)22;/h5-7,12,15H,8-11,13H2,1-4H3,(H2,18,19,20);1H. The van der Waals surface area contributed by atoms with E-state index < -0.39 is 9.84 Å². The quantitative estimate of drug-likeness (QED) is 0.243. The molecule has 0 fully saturated rings. The van der Waals surface area contributed by atoms with Gasteiger partial charge in [0.2, 0.25) is 0 Å². The lowest BCUT2D eigenvalue weighted by molar-refractivity contribution is 0.154. The van der Waals surface area contributed by atoms with Crippen LogP contribution < -0.4 is 10.6 Å². The number of sulfone groups is 1. The summed E-state index contributed by atoms with van der Waals surface area (Å²) in [5, 5.41) is 6.44. The summed E-state index contributed by atoms with van der Waals surface area (Å²) in [6, 6.07) is 8.49. The molecule has 0 bridgehead atoms. The van der Waals surface area contributed by atoms with Crippen LogP contribution in [0.25, 0.3) is 0 Å². The zero-order valence-corrected chi connectivity index (χ0v) is 18.6. The summed E-state index contributed by atoms with van der Waals surface area (Å²) in [6.07, 6.45) is 1.20. The minimum absolute atomic E-state index is 0. The number of nitrogens with zero attached hydrogens (tertiary/aromatic N) is 1. The Morgan fingerprint density at radius 1 is 1.28 bits per heavy atom. The molecule has 0 heterocycles. The summed E-state index contributed by atoms with van der Waals surface area (Å²) in [5.74, 6) is 1.13. The maximum Gasteiger partial charge on any atom is 0.191 e. The zero-order valence-electron chi connectivity index (χ0n) is 15.4. The zero-order chi connectivity index (χ0) is 18.0. The van der Waals surface area contributed by atoms with Crippen LogP contribution in [0.1, 0.15) is 24.0 Å². The third-order valence-electron chi connectivity index (χ3n) is 3.55. The number of ether oxygens (including phenoxy) is 1. The molecule has 0 aliphatic rings. The van der Waals surface area contributed by atoms with Crippen molar-refractivity contribution < 1.29 is 13.2 Å². The van der Waals surface area contributed by atoms with Gasteiger partial charge in [-0.25, -0.2) is 8.42 Å². The fourth-order valence-electron chi connectivity index (χ4n) is 2.12. The highest BCUT2D eigenvalue weighted by molar-refractivity contribution is 14.0. The van der Waals surface area contributed by atoms with Gasteiger partial charge in [-0.1, -0.05) is 36.8 Å². The summed E-state index contributed by atoms with van der Waals surface area (Å²) < 4.78 is 27.2. The second-order valence-electron chi connectivity index (χ2n) is 5.94. The van der Waals surface area contributed by atoms with Gasteiger partial charge in [-0.15, -0.1) is 24.0 Å². The first-order valence-corrected chi connectivity index (χ1v) is 10.1. The van der Waals surface area contributed by atoms with Crippen molar-refractivity contribution in [1.29, 1.82) is 0 Å². The highest BCUT2D eigenvalue weighted by atomic mass is 127. The molecule has 0 radical (unpaired) electrons. The highest BCUT2D eigenvalue weighted by Gasteiger charge is 2.07. The number of halogens is 1. The molecule has 1 atom stereocenters. The van der Waals surface area contributed by atoms with Crippen molar-refractivity contribution in [3.8, 4) is 0 Å². The van der Waals surface area contributed by atoms with Gasteiger partial charge in [-0.05, 0) is 18.4 Å². The van der Waals surface area contributed by atoms with Crippen LogP contribution in [0.2, 0.25) is 0 Å². The van der Waals surface area contributed by atoms with Crippen LogP contribution in [0, 0.1) is 6.92 Å². The molecular weight excluding hydrogens is 453 g/mol. The summed E-state index contributed by atoms with van der Waals surface area (Å²) in [6.45, 7) is 6.26. The van der Waals surface area contributed by atoms with Crippen molar-refractivity contribution in [3.05, 3.63) is 35.4 Å². The van der Waals surface area contributed by atoms with Crippen molar-refractivity contribution >= 4 is 39.8 Å². The monoisotopic (exact) mass is 483 g/mol. The summed E-state index contributed by atoms with van der Waals surface area (Å²) in [4.78, 5) is 4.17. The second-order valence-corrected chi connectivity index (χ2v) is 8.20. The first-order valence-electron chi connectivity index (χ1n) is 8.08. The number of rotatable bonds is 9. The number of hydrogen-bond donors (Lipinski definition) is 2. The molecule has 0 aromatic heterocycles. The molecule has 0 aliphatic heterocycles. The van der Waals surface area contributed by atoms with Crippen LogP contribution in [-0.2, 0) is 14.6 Å². The number of guanidine groups is 1. The molecule has 144 valence electrons. The van der Waals surface area contributed by atoms with Crippen molar-refractivity contribution in [2.45, 2.75) is 19.8 Å². The van der Waals surface area contributed by atoms with Crippen LogP contribution in [-0.4, -0.2) is 59.7 Å². The minimum Gasteiger partial charge on any atom is -0.379 e. The Balaban J connectivity index is 0.00000576. The maximum absolute atomic E-state index is 11.0. The molecule has 6 nitrogen and oxygen atoms in total. The molecular formula is C17H30IN3O3S. The van der Waals surface area contributed by atoms with E-state index in [1.54, 1.807) is 7.05 Å². The van der Waals surface area contributed by atoms with E-state index in [4.69, 9.17) is 4.74 Å². The summed E-state index contributed by atoms with van der Waals surface area (Å²) in [5.41, 5.74) is 2.55. The first-order chi connectivity index (χ1) is 11.3. The third kappa shape index (κ3) is 11.4. The second kappa shape index (κ2) is 12.5. The number of nitrogens with one attached hydrogen (secondary N) is 2. The molecule has 1 unspecified atom stereocenters. The average molecular weight is 483 g/mol. The van der Waals surface area contributed by atoms with Gasteiger partial charge in [0, 0.05) is 26.4 Å². The van der Waals surface area contributed by atoms with Crippen LogP contribution in [0.3, 0.4) is 0 Å². The molecule has 1 aromatic carbocycles. The lowest BCUT2D eigenvalue weighted by Gasteiger charge is -2.17. The fraction of sp³-hybridized carbons (Fsp3) is 0.588. The lowest BCUT2D eigenvalue weighted by Crippen LogP contribution is -2.40. The Bertz CT molecular complexity index is 636. The Morgan fingerprint density at radius 3 is 2.60 bits per heavy atom. The van der Waals surface area contributed by atoms with Gasteiger partial charge in [-0.2, -0.15) is 0 Å². The molecule has 0 aliphatic carbocycles. The molecule has 1 rings (SSSR count). The van der Waals surface area contributed by atoms with E-state index in [1.165, 1.54) is 17.4 Å². The average Bonchev–Trinajstić information content (AvgIpc) is 2.52. The van der Waals surface area contributed by atoms with Crippen LogP contribution in [0.5, 0.6) is 0 Å². The van der Waals surface area contributed by atoms with Gasteiger partial charge in [0.25, 0.3) is 0 Å². The van der Waals surface area contributed by atoms with E-state index >= 15 is 0 Å². The highest BCUT2D eigenvalue weighted by Crippen LogP contribution is 2.15. The van der Waals surface area contributed by atoms with Gasteiger partial charge in [0.1, 0.15) is 9.84 Å². The van der Waals surface area contributed by atoms with Crippen LogP contribution in [0.4, 0.5) is 0 Å². The SMILES string of the molecule is CN=C(NCCOCCS(C)(=O)=O)NCC(C)c1cccc(C)c1.I. The van der Waals surface area contributed by atoms with Crippen molar-refractivity contribution in [3.63, 3.8) is 0 Å². The van der Waals surface area contributed by atoms with E-state index in [-0.39, 0.29) is 36.3 Å². The fourth-order valence-corrected chi connectivity index (χ4v) is 2.54. The number of hydrogen-bond acceptors (Lipinski definition) is 4.